The van der Waals surface area contributed by atoms with Gasteiger partial charge in [0, 0.05) is 6.54 Å². The van der Waals surface area contributed by atoms with Crippen molar-refractivity contribution >= 4 is 23.1 Å². The first kappa shape index (κ1) is 11.9. The number of aliphatic hydroxyl groups is 1. The number of aromatic nitrogens is 1. The van der Waals surface area contributed by atoms with Crippen molar-refractivity contribution in [3.63, 3.8) is 0 Å². The zero-order valence-electron chi connectivity index (χ0n) is 7.62. The third-order valence-electron chi connectivity index (χ3n) is 1.63. The molecule has 0 fully saturated rings. The lowest BCUT2D eigenvalue weighted by atomic mass is 10.3. The van der Waals surface area contributed by atoms with Crippen molar-refractivity contribution in [2.75, 3.05) is 17.6 Å². The van der Waals surface area contributed by atoms with E-state index < -0.39 is 12.5 Å². The highest BCUT2D eigenvalue weighted by atomic mass is 35.5. The number of nitrogen functional groups attached to an aromatic ring is 1. The lowest BCUT2D eigenvalue weighted by Gasteiger charge is -2.12. The van der Waals surface area contributed by atoms with E-state index >= 15 is 0 Å². The number of hydrogen-bond donors (Lipinski definition) is 3. The number of alkyl halides is 2. The van der Waals surface area contributed by atoms with E-state index in [2.05, 4.69) is 10.3 Å². The fourth-order valence-electron chi connectivity index (χ4n) is 0.873. The Labute approximate surface area is 90.1 Å². The number of halogens is 3. The second kappa shape index (κ2) is 5.09. The smallest absolute Gasteiger partial charge is 0.265 e. The molecular weight excluding hydrogens is 228 g/mol. The van der Waals surface area contributed by atoms with Crippen molar-refractivity contribution in [2.45, 2.75) is 12.5 Å². The van der Waals surface area contributed by atoms with Gasteiger partial charge >= 0.3 is 0 Å². The molecule has 1 atom stereocenters. The Morgan fingerprint density at radius 3 is 2.80 bits per heavy atom. The molecule has 4 N–H and O–H groups in total. The molecule has 7 heteroatoms. The molecule has 0 spiro atoms. The zero-order valence-corrected chi connectivity index (χ0v) is 8.38. The number of pyridine rings is 1. The molecule has 0 aliphatic carbocycles. The second-order valence-corrected chi connectivity index (χ2v) is 3.29. The quantitative estimate of drug-likeness (QED) is 0.739. The van der Waals surface area contributed by atoms with Crippen LogP contribution in [-0.2, 0) is 0 Å². The first-order chi connectivity index (χ1) is 7.00. The lowest BCUT2D eigenvalue weighted by molar-refractivity contribution is 0.00381. The van der Waals surface area contributed by atoms with E-state index in [1.807, 2.05) is 0 Å². The van der Waals surface area contributed by atoms with Crippen LogP contribution in [0.3, 0.4) is 0 Å². The Morgan fingerprint density at radius 2 is 2.27 bits per heavy atom. The van der Waals surface area contributed by atoms with E-state index in [0.29, 0.717) is 5.69 Å². The van der Waals surface area contributed by atoms with Gasteiger partial charge in [-0.15, -0.1) is 0 Å². The van der Waals surface area contributed by atoms with Gasteiger partial charge in [-0.1, -0.05) is 11.6 Å². The average Bonchev–Trinajstić information content (AvgIpc) is 2.15. The van der Waals surface area contributed by atoms with E-state index in [9.17, 15) is 8.78 Å². The molecular formula is C8H10ClF2N3O. The number of nitrogens with zero attached hydrogens (tertiary/aromatic N) is 1. The predicted octanol–water partition coefficient (Wildman–Crippen LogP) is 1.36. The SMILES string of the molecule is Nc1cnc(NCC(O)C(F)F)c(Cl)c1. The Hall–Kier alpha value is -1.14. The van der Waals surface area contributed by atoms with Crippen molar-refractivity contribution in [3.05, 3.63) is 17.3 Å². The standard InChI is InChI=1S/C8H10ClF2N3O/c9-5-1-4(12)2-13-8(5)14-3-6(15)7(10)11/h1-2,6-7,15H,3,12H2,(H,13,14). The van der Waals surface area contributed by atoms with Crippen molar-refractivity contribution < 1.29 is 13.9 Å². The summed E-state index contributed by atoms with van der Waals surface area (Å²) in [4.78, 5) is 3.79. The summed E-state index contributed by atoms with van der Waals surface area (Å²) in [6, 6.07) is 1.44. The van der Waals surface area contributed by atoms with Gasteiger partial charge in [0.1, 0.15) is 11.9 Å². The fraction of sp³-hybridized carbons (Fsp3) is 0.375. The first-order valence-electron chi connectivity index (χ1n) is 4.12. The Morgan fingerprint density at radius 1 is 1.60 bits per heavy atom. The predicted molar refractivity (Wildman–Crippen MR) is 54.2 cm³/mol. The van der Waals surface area contributed by atoms with E-state index in [-0.39, 0.29) is 17.4 Å². The third-order valence-corrected chi connectivity index (χ3v) is 1.92. The number of nitrogens with one attached hydrogen (secondary N) is 1. The zero-order chi connectivity index (χ0) is 11.4. The second-order valence-electron chi connectivity index (χ2n) is 2.88. The summed E-state index contributed by atoms with van der Waals surface area (Å²) in [6.45, 7) is -0.325. The Bertz CT molecular complexity index is 338. The molecule has 1 rings (SSSR count). The summed E-state index contributed by atoms with van der Waals surface area (Å²) in [7, 11) is 0. The largest absolute Gasteiger partial charge is 0.397 e. The fourth-order valence-corrected chi connectivity index (χ4v) is 1.11. The van der Waals surface area contributed by atoms with Gasteiger partial charge in [0.2, 0.25) is 0 Å². The first-order valence-corrected chi connectivity index (χ1v) is 4.49. The van der Waals surface area contributed by atoms with E-state index in [4.69, 9.17) is 22.4 Å². The van der Waals surface area contributed by atoms with E-state index in [0.717, 1.165) is 0 Å². The number of hydrogen-bond acceptors (Lipinski definition) is 4. The molecule has 0 radical (unpaired) electrons. The van der Waals surface area contributed by atoms with Crippen LogP contribution in [0.5, 0.6) is 0 Å². The summed E-state index contributed by atoms with van der Waals surface area (Å²) in [5, 5.41) is 11.5. The minimum atomic E-state index is -2.80. The number of anilines is 2. The van der Waals surface area contributed by atoms with Gasteiger partial charge in [0.15, 0.2) is 0 Å². The molecule has 0 aromatic carbocycles. The summed E-state index contributed by atoms with van der Waals surface area (Å²) >= 11 is 5.72. The Balaban J connectivity index is 2.58. The highest BCUT2D eigenvalue weighted by Crippen LogP contribution is 2.20. The number of nitrogens with two attached hydrogens (primary N) is 1. The number of rotatable bonds is 4. The molecule has 0 saturated carbocycles. The molecule has 15 heavy (non-hydrogen) atoms. The van der Waals surface area contributed by atoms with E-state index in [1.165, 1.54) is 12.3 Å². The van der Waals surface area contributed by atoms with Crippen LogP contribution in [0.4, 0.5) is 20.3 Å². The summed E-state index contributed by atoms with van der Waals surface area (Å²) in [5.74, 6) is 0.213. The molecule has 0 aliphatic rings. The van der Waals surface area contributed by atoms with Gasteiger partial charge in [-0.2, -0.15) is 0 Å². The molecule has 1 aromatic rings. The number of aliphatic hydroxyl groups excluding tert-OH is 1. The van der Waals surface area contributed by atoms with E-state index in [1.54, 1.807) is 0 Å². The maximum absolute atomic E-state index is 11.9. The minimum Gasteiger partial charge on any atom is -0.397 e. The van der Waals surface area contributed by atoms with Gasteiger partial charge < -0.3 is 16.2 Å². The topological polar surface area (TPSA) is 71.2 Å². The maximum Gasteiger partial charge on any atom is 0.265 e. The van der Waals surface area contributed by atoms with Crippen molar-refractivity contribution in [2.24, 2.45) is 0 Å². The molecule has 0 amide bonds. The molecule has 0 saturated heterocycles. The Kier molecular flexibility index (Phi) is 4.05. The van der Waals surface area contributed by atoms with Crippen LogP contribution in [0.2, 0.25) is 5.02 Å². The molecule has 1 aromatic heterocycles. The van der Waals surface area contributed by atoms with Crippen molar-refractivity contribution in [1.29, 1.82) is 0 Å². The summed E-state index contributed by atoms with van der Waals surface area (Å²) in [6.07, 6.45) is -3.21. The molecule has 1 unspecified atom stereocenters. The van der Waals surface area contributed by atoms with Crippen LogP contribution in [0.1, 0.15) is 0 Å². The van der Waals surface area contributed by atoms with Gasteiger partial charge in [0.25, 0.3) is 6.43 Å². The van der Waals surface area contributed by atoms with Gasteiger partial charge in [-0.05, 0) is 6.07 Å². The highest BCUT2D eigenvalue weighted by molar-refractivity contribution is 6.33. The third kappa shape index (κ3) is 3.49. The maximum atomic E-state index is 11.9. The summed E-state index contributed by atoms with van der Waals surface area (Å²) < 4.78 is 23.9. The molecule has 4 nitrogen and oxygen atoms in total. The van der Waals surface area contributed by atoms with Crippen LogP contribution in [-0.4, -0.2) is 29.2 Å². The van der Waals surface area contributed by atoms with Crippen LogP contribution in [0, 0.1) is 0 Å². The van der Waals surface area contributed by atoms with Crippen molar-refractivity contribution in [1.82, 2.24) is 4.98 Å². The van der Waals surface area contributed by atoms with Gasteiger partial charge in [0.05, 0.1) is 16.9 Å². The van der Waals surface area contributed by atoms with Crippen LogP contribution >= 0.6 is 11.6 Å². The van der Waals surface area contributed by atoms with Crippen LogP contribution in [0.15, 0.2) is 12.3 Å². The van der Waals surface area contributed by atoms with Gasteiger partial charge in [-0.25, -0.2) is 13.8 Å². The van der Waals surface area contributed by atoms with Crippen LogP contribution < -0.4 is 11.1 Å². The lowest BCUT2D eigenvalue weighted by Crippen LogP contribution is -2.27. The average molecular weight is 238 g/mol. The molecule has 0 aliphatic heterocycles. The minimum absolute atomic E-state index is 0.213. The normalized spacial score (nSPS) is 12.9. The monoisotopic (exact) mass is 237 g/mol. The molecule has 0 bridgehead atoms. The van der Waals surface area contributed by atoms with Gasteiger partial charge in [-0.3, -0.25) is 0 Å². The van der Waals surface area contributed by atoms with Crippen LogP contribution in [0.25, 0.3) is 0 Å². The molecule has 1 heterocycles. The summed E-state index contributed by atoms with van der Waals surface area (Å²) in [5.41, 5.74) is 5.76. The molecule has 84 valence electrons. The highest BCUT2D eigenvalue weighted by Gasteiger charge is 2.16. The van der Waals surface area contributed by atoms with Crippen molar-refractivity contribution in [3.8, 4) is 0 Å².